The molecule has 1 unspecified atom stereocenters. The van der Waals surface area contributed by atoms with Crippen molar-refractivity contribution >= 4 is 11.5 Å². The van der Waals surface area contributed by atoms with E-state index in [4.69, 9.17) is 10.5 Å². The summed E-state index contributed by atoms with van der Waals surface area (Å²) in [5.74, 6) is 0.549. The Bertz CT molecular complexity index is 280. The summed E-state index contributed by atoms with van der Waals surface area (Å²) < 4.78 is 5.49. The molecule has 0 radical (unpaired) electrons. The molecule has 1 atom stereocenters. The second kappa shape index (κ2) is 4.28. The van der Waals surface area contributed by atoms with Crippen molar-refractivity contribution in [1.82, 2.24) is 4.98 Å². The summed E-state index contributed by atoms with van der Waals surface area (Å²) >= 11 is 0. The van der Waals surface area contributed by atoms with E-state index in [1.165, 1.54) is 6.42 Å². The van der Waals surface area contributed by atoms with Gasteiger partial charge in [-0.3, -0.25) is 0 Å². The molecule has 0 aromatic carbocycles. The van der Waals surface area contributed by atoms with Crippen molar-refractivity contribution in [2.45, 2.75) is 18.9 Å². The Morgan fingerprint density at radius 2 is 2.50 bits per heavy atom. The highest BCUT2D eigenvalue weighted by molar-refractivity contribution is 5.45. The number of anilines is 2. The topological polar surface area (TPSA) is 60.2 Å². The lowest BCUT2D eigenvalue weighted by Gasteiger charge is -2.11. The number of nitrogens with zero attached hydrogens (tertiary/aromatic N) is 1. The second-order valence-corrected chi connectivity index (χ2v) is 3.49. The highest BCUT2D eigenvalue weighted by Gasteiger charge is 2.14. The predicted octanol–water partition coefficient (Wildman–Crippen LogP) is 1.25. The van der Waals surface area contributed by atoms with Gasteiger partial charge in [0.1, 0.15) is 5.82 Å². The molecule has 1 aromatic rings. The van der Waals surface area contributed by atoms with Crippen molar-refractivity contribution < 1.29 is 4.74 Å². The Hall–Kier alpha value is -1.29. The van der Waals surface area contributed by atoms with E-state index in [0.29, 0.717) is 11.9 Å². The highest BCUT2D eigenvalue weighted by Crippen LogP contribution is 2.13. The van der Waals surface area contributed by atoms with Gasteiger partial charge >= 0.3 is 0 Å². The third-order valence-corrected chi connectivity index (χ3v) is 2.34. The average Bonchev–Trinajstić information content (AvgIpc) is 2.70. The zero-order valence-corrected chi connectivity index (χ0v) is 8.07. The van der Waals surface area contributed by atoms with Gasteiger partial charge in [0.15, 0.2) is 0 Å². The van der Waals surface area contributed by atoms with E-state index in [1.54, 1.807) is 12.3 Å². The minimum Gasteiger partial charge on any atom is -0.384 e. The molecule has 14 heavy (non-hydrogen) atoms. The Balaban J connectivity index is 1.82. The van der Waals surface area contributed by atoms with Gasteiger partial charge in [0.05, 0.1) is 18.0 Å². The van der Waals surface area contributed by atoms with Gasteiger partial charge in [-0.1, -0.05) is 0 Å². The van der Waals surface area contributed by atoms with E-state index >= 15 is 0 Å². The second-order valence-electron chi connectivity index (χ2n) is 3.49. The number of hydrogen-bond donors (Lipinski definition) is 2. The van der Waals surface area contributed by atoms with Gasteiger partial charge in [-0.15, -0.1) is 0 Å². The first-order valence-electron chi connectivity index (χ1n) is 4.91. The Morgan fingerprint density at radius 3 is 3.14 bits per heavy atom. The van der Waals surface area contributed by atoms with Crippen LogP contribution in [-0.2, 0) is 4.74 Å². The zero-order chi connectivity index (χ0) is 9.80. The van der Waals surface area contributed by atoms with Gasteiger partial charge in [-0.25, -0.2) is 4.98 Å². The minimum absolute atomic E-state index is 0.354. The highest BCUT2D eigenvalue weighted by atomic mass is 16.5. The van der Waals surface area contributed by atoms with Gasteiger partial charge in [0.25, 0.3) is 0 Å². The molecule has 2 heterocycles. The molecule has 1 fully saturated rings. The SMILES string of the molecule is Nc1ccc(NCC2CCCO2)cn1. The molecular formula is C10H15N3O. The number of nitrogens with one attached hydrogen (secondary N) is 1. The summed E-state index contributed by atoms with van der Waals surface area (Å²) in [6, 6.07) is 3.72. The van der Waals surface area contributed by atoms with E-state index in [2.05, 4.69) is 10.3 Å². The summed E-state index contributed by atoms with van der Waals surface area (Å²) in [4.78, 5) is 4.00. The fourth-order valence-corrected chi connectivity index (χ4v) is 1.55. The lowest BCUT2D eigenvalue weighted by Crippen LogP contribution is -2.18. The van der Waals surface area contributed by atoms with E-state index in [1.807, 2.05) is 6.07 Å². The molecule has 76 valence electrons. The Morgan fingerprint density at radius 1 is 1.57 bits per heavy atom. The maximum atomic E-state index is 5.49. The molecule has 1 aliphatic heterocycles. The number of aromatic nitrogens is 1. The van der Waals surface area contributed by atoms with Crippen LogP contribution >= 0.6 is 0 Å². The van der Waals surface area contributed by atoms with Crippen LogP contribution in [0.1, 0.15) is 12.8 Å². The molecular weight excluding hydrogens is 178 g/mol. The number of nitrogen functional groups attached to an aromatic ring is 1. The first-order chi connectivity index (χ1) is 6.84. The number of rotatable bonds is 3. The van der Waals surface area contributed by atoms with Crippen molar-refractivity contribution in [3.8, 4) is 0 Å². The zero-order valence-electron chi connectivity index (χ0n) is 8.07. The number of nitrogens with two attached hydrogens (primary N) is 1. The molecule has 0 saturated carbocycles. The first-order valence-corrected chi connectivity index (χ1v) is 4.91. The van der Waals surface area contributed by atoms with Gasteiger partial charge in [0.2, 0.25) is 0 Å². The van der Waals surface area contributed by atoms with Gasteiger partial charge in [0, 0.05) is 13.2 Å². The standard InChI is InChI=1S/C10H15N3O/c11-10-4-3-8(6-13-10)12-7-9-2-1-5-14-9/h3-4,6,9,12H,1-2,5,7H2,(H2,11,13). The maximum Gasteiger partial charge on any atom is 0.123 e. The Kier molecular flexibility index (Phi) is 2.84. The molecule has 0 aliphatic carbocycles. The fraction of sp³-hybridized carbons (Fsp3) is 0.500. The minimum atomic E-state index is 0.354. The van der Waals surface area contributed by atoms with Crippen molar-refractivity contribution in [2.75, 3.05) is 24.2 Å². The van der Waals surface area contributed by atoms with Crippen LogP contribution < -0.4 is 11.1 Å². The van der Waals surface area contributed by atoms with Gasteiger partial charge in [-0.05, 0) is 25.0 Å². The monoisotopic (exact) mass is 193 g/mol. The van der Waals surface area contributed by atoms with E-state index in [-0.39, 0.29) is 0 Å². The summed E-state index contributed by atoms with van der Waals surface area (Å²) in [7, 11) is 0. The predicted molar refractivity (Wildman–Crippen MR) is 56.1 cm³/mol. The van der Waals surface area contributed by atoms with E-state index in [0.717, 1.165) is 25.3 Å². The molecule has 1 saturated heterocycles. The van der Waals surface area contributed by atoms with E-state index in [9.17, 15) is 0 Å². The van der Waals surface area contributed by atoms with Crippen molar-refractivity contribution in [2.24, 2.45) is 0 Å². The quantitative estimate of drug-likeness (QED) is 0.758. The third kappa shape index (κ3) is 2.35. The van der Waals surface area contributed by atoms with Crippen LogP contribution in [0, 0.1) is 0 Å². The van der Waals surface area contributed by atoms with Crippen molar-refractivity contribution in [1.29, 1.82) is 0 Å². The largest absolute Gasteiger partial charge is 0.384 e. The summed E-state index contributed by atoms with van der Waals surface area (Å²) in [5, 5.41) is 3.27. The van der Waals surface area contributed by atoms with Crippen LogP contribution in [0.4, 0.5) is 11.5 Å². The van der Waals surface area contributed by atoms with Crippen LogP contribution in [-0.4, -0.2) is 24.2 Å². The Labute approximate surface area is 83.5 Å². The lowest BCUT2D eigenvalue weighted by molar-refractivity contribution is 0.120. The van der Waals surface area contributed by atoms with Crippen molar-refractivity contribution in [3.05, 3.63) is 18.3 Å². The normalized spacial score (nSPS) is 21.0. The number of ether oxygens (including phenoxy) is 1. The van der Waals surface area contributed by atoms with Crippen LogP contribution in [0.25, 0.3) is 0 Å². The van der Waals surface area contributed by atoms with Gasteiger partial charge < -0.3 is 15.8 Å². The molecule has 0 bridgehead atoms. The molecule has 1 aromatic heterocycles. The molecule has 4 nitrogen and oxygen atoms in total. The maximum absolute atomic E-state index is 5.49. The van der Waals surface area contributed by atoms with Gasteiger partial charge in [-0.2, -0.15) is 0 Å². The summed E-state index contributed by atoms with van der Waals surface area (Å²) in [5.41, 5.74) is 6.48. The molecule has 3 N–H and O–H groups in total. The third-order valence-electron chi connectivity index (χ3n) is 2.34. The summed E-state index contributed by atoms with van der Waals surface area (Å²) in [6.45, 7) is 1.75. The first kappa shape index (κ1) is 9.27. The fourth-order valence-electron chi connectivity index (χ4n) is 1.55. The van der Waals surface area contributed by atoms with Crippen LogP contribution in [0.5, 0.6) is 0 Å². The van der Waals surface area contributed by atoms with Crippen LogP contribution in [0.15, 0.2) is 18.3 Å². The van der Waals surface area contributed by atoms with Crippen LogP contribution in [0.3, 0.4) is 0 Å². The smallest absolute Gasteiger partial charge is 0.123 e. The van der Waals surface area contributed by atoms with E-state index < -0.39 is 0 Å². The lowest BCUT2D eigenvalue weighted by atomic mass is 10.2. The molecule has 2 rings (SSSR count). The molecule has 4 heteroatoms. The molecule has 0 spiro atoms. The van der Waals surface area contributed by atoms with Crippen molar-refractivity contribution in [3.63, 3.8) is 0 Å². The number of pyridine rings is 1. The summed E-state index contributed by atoms with van der Waals surface area (Å²) in [6.07, 6.45) is 4.42. The molecule has 0 amide bonds. The number of hydrogen-bond acceptors (Lipinski definition) is 4. The molecule has 1 aliphatic rings. The average molecular weight is 193 g/mol. The van der Waals surface area contributed by atoms with Crippen LogP contribution in [0.2, 0.25) is 0 Å².